The number of hydrogen-bond donors (Lipinski definition) is 2. The SMILES string of the molecule is O=C(NC[C@@H](O)Cn1ccccc1=O)C1(c2ccccc2)CCOCC1. The molecule has 0 aliphatic carbocycles. The molecule has 1 atom stereocenters. The smallest absolute Gasteiger partial charge is 0.250 e. The van der Waals surface area contributed by atoms with Crippen LogP contribution in [0.2, 0.25) is 0 Å². The predicted octanol–water partition coefficient (Wildman–Crippen LogP) is 1.07. The average molecular weight is 356 g/mol. The van der Waals surface area contributed by atoms with Crippen LogP contribution in [-0.4, -0.2) is 41.4 Å². The Morgan fingerprint density at radius 3 is 2.54 bits per heavy atom. The molecule has 1 fully saturated rings. The van der Waals surface area contributed by atoms with E-state index in [-0.39, 0.29) is 24.6 Å². The molecule has 6 heteroatoms. The van der Waals surface area contributed by atoms with Crippen molar-refractivity contribution in [1.82, 2.24) is 9.88 Å². The van der Waals surface area contributed by atoms with E-state index in [0.29, 0.717) is 26.1 Å². The van der Waals surface area contributed by atoms with E-state index in [1.54, 1.807) is 18.3 Å². The van der Waals surface area contributed by atoms with Gasteiger partial charge in [0.2, 0.25) is 5.91 Å². The highest BCUT2D eigenvalue weighted by molar-refractivity contribution is 5.88. The number of amides is 1. The van der Waals surface area contributed by atoms with Crippen molar-refractivity contribution in [2.24, 2.45) is 0 Å². The number of carbonyl (C=O) groups excluding carboxylic acids is 1. The minimum Gasteiger partial charge on any atom is -0.389 e. The Balaban J connectivity index is 1.67. The predicted molar refractivity (Wildman–Crippen MR) is 97.9 cm³/mol. The molecule has 0 radical (unpaired) electrons. The Labute approximate surface area is 152 Å². The first-order chi connectivity index (χ1) is 12.6. The van der Waals surface area contributed by atoms with E-state index >= 15 is 0 Å². The van der Waals surface area contributed by atoms with E-state index in [4.69, 9.17) is 4.74 Å². The minimum atomic E-state index is -0.841. The summed E-state index contributed by atoms with van der Waals surface area (Å²) < 4.78 is 6.88. The topological polar surface area (TPSA) is 80.6 Å². The van der Waals surface area contributed by atoms with Gasteiger partial charge in [-0.15, -0.1) is 0 Å². The lowest BCUT2D eigenvalue weighted by Crippen LogP contribution is -2.50. The van der Waals surface area contributed by atoms with Gasteiger partial charge in [-0.2, -0.15) is 0 Å². The standard InChI is InChI=1S/C20H24N2O4/c23-17(15-22-11-5-4-8-18(22)24)14-21-19(25)20(9-12-26-13-10-20)16-6-2-1-3-7-16/h1-8,11,17,23H,9-10,12-15H2,(H,21,25)/t17-/m1/s1. The summed E-state index contributed by atoms with van der Waals surface area (Å²) in [6.45, 7) is 1.30. The van der Waals surface area contributed by atoms with Crippen molar-refractivity contribution in [3.8, 4) is 0 Å². The van der Waals surface area contributed by atoms with Gasteiger partial charge in [-0.05, 0) is 24.5 Å². The summed E-state index contributed by atoms with van der Waals surface area (Å²) in [5, 5.41) is 13.1. The van der Waals surface area contributed by atoms with Gasteiger partial charge >= 0.3 is 0 Å². The van der Waals surface area contributed by atoms with Crippen molar-refractivity contribution in [3.63, 3.8) is 0 Å². The quantitative estimate of drug-likeness (QED) is 0.811. The zero-order chi connectivity index (χ0) is 18.4. The van der Waals surface area contributed by atoms with Gasteiger partial charge in [0.25, 0.3) is 5.56 Å². The highest BCUT2D eigenvalue weighted by Crippen LogP contribution is 2.35. The number of aliphatic hydroxyl groups excluding tert-OH is 1. The second-order valence-electron chi connectivity index (χ2n) is 6.62. The van der Waals surface area contributed by atoms with Crippen molar-refractivity contribution in [1.29, 1.82) is 0 Å². The number of ether oxygens (including phenoxy) is 1. The van der Waals surface area contributed by atoms with Gasteiger partial charge < -0.3 is 19.7 Å². The molecule has 0 saturated carbocycles. The van der Waals surface area contributed by atoms with E-state index in [0.717, 1.165) is 5.56 Å². The molecule has 3 rings (SSSR count). The molecule has 2 N–H and O–H groups in total. The fourth-order valence-corrected chi connectivity index (χ4v) is 3.41. The molecule has 0 bridgehead atoms. The highest BCUT2D eigenvalue weighted by atomic mass is 16.5. The minimum absolute atomic E-state index is 0.0929. The summed E-state index contributed by atoms with van der Waals surface area (Å²) in [5.74, 6) is -0.105. The molecule has 1 aliphatic heterocycles. The zero-order valence-corrected chi connectivity index (χ0v) is 14.6. The van der Waals surface area contributed by atoms with Crippen LogP contribution in [0.15, 0.2) is 59.5 Å². The Morgan fingerprint density at radius 1 is 1.15 bits per heavy atom. The lowest BCUT2D eigenvalue weighted by atomic mass is 9.73. The Morgan fingerprint density at radius 2 is 1.85 bits per heavy atom. The number of aliphatic hydroxyl groups is 1. The highest BCUT2D eigenvalue weighted by Gasteiger charge is 2.41. The molecule has 0 unspecified atom stereocenters. The number of aromatic nitrogens is 1. The van der Waals surface area contributed by atoms with Crippen LogP contribution in [0.4, 0.5) is 0 Å². The molecule has 1 saturated heterocycles. The van der Waals surface area contributed by atoms with Gasteiger partial charge in [-0.1, -0.05) is 36.4 Å². The maximum Gasteiger partial charge on any atom is 0.250 e. The van der Waals surface area contributed by atoms with E-state index < -0.39 is 11.5 Å². The van der Waals surface area contributed by atoms with Crippen LogP contribution in [0.5, 0.6) is 0 Å². The normalized spacial score (nSPS) is 17.4. The number of hydrogen-bond acceptors (Lipinski definition) is 4. The lowest BCUT2D eigenvalue weighted by Gasteiger charge is -2.36. The molecular formula is C20H24N2O4. The molecule has 6 nitrogen and oxygen atoms in total. The molecule has 1 amide bonds. The second-order valence-corrected chi connectivity index (χ2v) is 6.62. The Kier molecular flexibility index (Phi) is 5.85. The maximum absolute atomic E-state index is 13.0. The summed E-state index contributed by atoms with van der Waals surface area (Å²) in [6.07, 6.45) is 2.00. The van der Waals surface area contributed by atoms with Crippen molar-refractivity contribution in [2.45, 2.75) is 30.9 Å². The van der Waals surface area contributed by atoms with E-state index in [9.17, 15) is 14.7 Å². The van der Waals surface area contributed by atoms with Crippen LogP contribution in [0, 0.1) is 0 Å². The monoisotopic (exact) mass is 356 g/mol. The average Bonchev–Trinajstić information content (AvgIpc) is 2.69. The first-order valence-electron chi connectivity index (χ1n) is 8.87. The summed E-state index contributed by atoms with van der Waals surface area (Å²) in [6, 6.07) is 14.5. The lowest BCUT2D eigenvalue weighted by molar-refractivity contribution is -0.131. The Bertz CT molecular complexity index is 782. The number of nitrogens with zero attached hydrogens (tertiary/aromatic N) is 1. The van der Waals surface area contributed by atoms with Gasteiger partial charge in [0.1, 0.15) is 0 Å². The van der Waals surface area contributed by atoms with E-state index in [1.165, 1.54) is 10.6 Å². The largest absolute Gasteiger partial charge is 0.389 e. The molecule has 2 heterocycles. The fourth-order valence-electron chi connectivity index (χ4n) is 3.41. The zero-order valence-electron chi connectivity index (χ0n) is 14.6. The van der Waals surface area contributed by atoms with E-state index in [1.807, 2.05) is 30.3 Å². The first-order valence-corrected chi connectivity index (χ1v) is 8.87. The summed E-state index contributed by atoms with van der Waals surface area (Å²) in [7, 11) is 0. The van der Waals surface area contributed by atoms with Crippen LogP contribution >= 0.6 is 0 Å². The molecule has 1 aromatic heterocycles. The fraction of sp³-hybridized carbons (Fsp3) is 0.400. The number of benzene rings is 1. The van der Waals surface area contributed by atoms with E-state index in [2.05, 4.69) is 5.32 Å². The van der Waals surface area contributed by atoms with Crippen LogP contribution < -0.4 is 10.9 Å². The van der Waals surface area contributed by atoms with Crippen molar-refractivity contribution in [2.75, 3.05) is 19.8 Å². The molecule has 0 spiro atoms. The molecule has 2 aromatic rings. The molecular weight excluding hydrogens is 332 g/mol. The van der Waals surface area contributed by atoms with Gasteiger partial charge in [0.05, 0.1) is 18.1 Å². The van der Waals surface area contributed by atoms with Gasteiger partial charge in [-0.25, -0.2) is 0 Å². The third kappa shape index (κ3) is 4.03. The van der Waals surface area contributed by atoms with Crippen molar-refractivity contribution in [3.05, 3.63) is 70.6 Å². The van der Waals surface area contributed by atoms with Crippen LogP contribution in [0.3, 0.4) is 0 Å². The Hall–Kier alpha value is -2.44. The first kappa shape index (κ1) is 18.4. The molecule has 1 aliphatic rings. The molecule has 26 heavy (non-hydrogen) atoms. The van der Waals surface area contributed by atoms with Crippen molar-refractivity contribution >= 4 is 5.91 Å². The van der Waals surface area contributed by atoms with Crippen LogP contribution in [-0.2, 0) is 21.5 Å². The van der Waals surface area contributed by atoms with Gasteiger partial charge in [0, 0.05) is 32.0 Å². The molecule has 1 aromatic carbocycles. The summed E-state index contributed by atoms with van der Waals surface area (Å²) >= 11 is 0. The second kappa shape index (κ2) is 8.29. The summed E-state index contributed by atoms with van der Waals surface area (Å²) in [5.41, 5.74) is 0.153. The number of nitrogens with one attached hydrogen (secondary N) is 1. The molecule has 138 valence electrons. The maximum atomic E-state index is 13.0. The third-order valence-electron chi connectivity index (χ3n) is 4.91. The number of carbonyl (C=O) groups is 1. The number of pyridine rings is 1. The van der Waals surface area contributed by atoms with Crippen LogP contribution in [0.1, 0.15) is 18.4 Å². The summed E-state index contributed by atoms with van der Waals surface area (Å²) in [4.78, 5) is 24.7. The number of rotatable bonds is 6. The van der Waals surface area contributed by atoms with Crippen molar-refractivity contribution < 1.29 is 14.6 Å². The van der Waals surface area contributed by atoms with Gasteiger partial charge in [0.15, 0.2) is 0 Å². The van der Waals surface area contributed by atoms with Crippen LogP contribution in [0.25, 0.3) is 0 Å². The van der Waals surface area contributed by atoms with Gasteiger partial charge in [-0.3, -0.25) is 9.59 Å². The third-order valence-corrected chi connectivity index (χ3v) is 4.91.